The SMILES string of the molecule is CC/C=C\C/C=C\C/C=C\C/C=C\C/C=C\CCCCCCOCC(COC(=O)CCCCCCCC/C=C\C/C=C\C/C=C\CCCCC)OC(=O)CCCCCCCCC/C=C\C/C=C\CCCCC. The number of carbonyl (C=O) groups excluding carboxylic acids is 2. The van der Waals surface area contributed by atoms with E-state index in [4.69, 9.17) is 14.2 Å². The maximum atomic E-state index is 12.9. The highest BCUT2D eigenvalue weighted by molar-refractivity contribution is 5.70. The Morgan fingerprint density at radius 3 is 1.00 bits per heavy atom. The summed E-state index contributed by atoms with van der Waals surface area (Å²) in [6, 6.07) is 0. The van der Waals surface area contributed by atoms with Gasteiger partial charge in [-0.1, -0.05) is 239 Å². The zero-order valence-electron chi connectivity index (χ0n) is 47.2. The topological polar surface area (TPSA) is 61.8 Å². The van der Waals surface area contributed by atoms with Crippen molar-refractivity contribution in [3.8, 4) is 0 Å². The Hall–Kier alpha value is -3.70. The van der Waals surface area contributed by atoms with Gasteiger partial charge in [-0.25, -0.2) is 0 Å². The van der Waals surface area contributed by atoms with Gasteiger partial charge in [-0.05, 0) is 135 Å². The summed E-state index contributed by atoms with van der Waals surface area (Å²) >= 11 is 0. The minimum atomic E-state index is -0.569. The first-order valence-electron chi connectivity index (χ1n) is 30.1. The molecule has 0 aromatic heterocycles. The van der Waals surface area contributed by atoms with Crippen LogP contribution in [0.5, 0.6) is 0 Å². The second-order valence-electron chi connectivity index (χ2n) is 19.5. The molecule has 0 saturated carbocycles. The van der Waals surface area contributed by atoms with E-state index < -0.39 is 6.10 Å². The minimum Gasteiger partial charge on any atom is -0.462 e. The van der Waals surface area contributed by atoms with Gasteiger partial charge in [-0.3, -0.25) is 9.59 Å². The molecule has 1 unspecified atom stereocenters. The molecule has 0 aliphatic rings. The zero-order chi connectivity index (χ0) is 52.0. The molecule has 5 nitrogen and oxygen atoms in total. The summed E-state index contributed by atoms with van der Waals surface area (Å²) < 4.78 is 17.5. The van der Waals surface area contributed by atoms with Crippen molar-refractivity contribution in [2.75, 3.05) is 19.8 Å². The third-order valence-corrected chi connectivity index (χ3v) is 12.5. The van der Waals surface area contributed by atoms with E-state index in [1.807, 2.05) is 0 Å². The third-order valence-electron chi connectivity index (χ3n) is 12.5. The Kier molecular flexibility index (Phi) is 58.4. The van der Waals surface area contributed by atoms with E-state index in [1.165, 1.54) is 103 Å². The molecule has 0 rings (SSSR count). The number of esters is 2. The van der Waals surface area contributed by atoms with Crippen LogP contribution in [0.15, 0.2) is 122 Å². The summed E-state index contributed by atoms with van der Waals surface area (Å²) in [5.74, 6) is -0.437. The molecule has 5 heteroatoms. The number of ether oxygens (including phenoxy) is 3. The van der Waals surface area contributed by atoms with Crippen LogP contribution in [0.25, 0.3) is 0 Å². The van der Waals surface area contributed by atoms with Gasteiger partial charge in [-0.2, -0.15) is 0 Å². The first-order valence-corrected chi connectivity index (χ1v) is 30.1. The zero-order valence-corrected chi connectivity index (χ0v) is 47.2. The maximum Gasteiger partial charge on any atom is 0.306 e. The normalized spacial score (nSPS) is 13.1. The fourth-order valence-electron chi connectivity index (χ4n) is 7.99. The van der Waals surface area contributed by atoms with Crippen molar-refractivity contribution >= 4 is 11.9 Å². The molecular weight excluding hydrogens is 885 g/mol. The van der Waals surface area contributed by atoms with Crippen LogP contribution in [-0.4, -0.2) is 37.9 Å². The van der Waals surface area contributed by atoms with Gasteiger partial charge in [0.25, 0.3) is 0 Å². The molecule has 1 atom stereocenters. The molecule has 0 saturated heterocycles. The Morgan fingerprint density at radius 2 is 0.625 bits per heavy atom. The van der Waals surface area contributed by atoms with E-state index in [2.05, 4.69) is 142 Å². The molecule has 72 heavy (non-hydrogen) atoms. The molecule has 0 radical (unpaired) electrons. The highest BCUT2D eigenvalue weighted by atomic mass is 16.6. The van der Waals surface area contributed by atoms with Gasteiger partial charge in [0.1, 0.15) is 6.61 Å². The van der Waals surface area contributed by atoms with Gasteiger partial charge in [-0.15, -0.1) is 0 Å². The average molecular weight is 998 g/mol. The Bertz CT molecular complexity index is 1450. The summed E-state index contributed by atoms with van der Waals surface area (Å²) in [5, 5.41) is 0. The van der Waals surface area contributed by atoms with Gasteiger partial charge in [0.2, 0.25) is 0 Å². The summed E-state index contributed by atoms with van der Waals surface area (Å²) in [6.45, 7) is 7.59. The lowest BCUT2D eigenvalue weighted by atomic mass is 10.1. The maximum absolute atomic E-state index is 12.9. The van der Waals surface area contributed by atoms with Crippen LogP contribution in [0.3, 0.4) is 0 Å². The van der Waals surface area contributed by atoms with E-state index >= 15 is 0 Å². The first-order chi connectivity index (χ1) is 35.6. The molecule has 0 spiro atoms. The van der Waals surface area contributed by atoms with Gasteiger partial charge < -0.3 is 14.2 Å². The lowest BCUT2D eigenvalue weighted by Crippen LogP contribution is -2.30. The summed E-state index contributed by atoms with van der Waals surface area (Å²) in [4.78, 5) is 25.6. The monoisotopic (exact) mass is 997 g/mol. The quantitative estimate of drug-likeness (QED) is 0.0345. The summed E-state index contributed by atoms with van der Waals surface area (Å²) in [6.07, 6.45) is 86.5. The fraction of sp³-hybridized carbons (Fsp3) is 0.672. The number of carbonyl (C=O) groups is 2. The Labute approximate surface area is 446 Å². The number of rotatable bonds is 54. The second-order valence-corrected chi connectivity index (χ2v) is 19.5. The smallest absolute Gasteiger partial charge is 0.306 e. The molecule has 0 bridgehead atoms. The van der Waals surface area contributed by atoms with Gasteiger partial charge in [0.15, 0.2) is 6.10 Å². The molecule has 0 aromatic rings. The lowest BCUT2D eigenvalue weighted by molar-refractivity contribution is -0.163. The molecule has 0 amide bonds. The second kappa shape index (κ2) is 61.6. The predicted molar refractivity (Wildman–Crippen MR) is 316 cm³/mol. The highest BCUT2D eigenvalue weighted by Gasteiger charge is 2.17. The van der Waals surface area contributed by atoms with Crippen molar-refractivity contribution in [3.63, 3.8) is 0 Å². The van der Waals surface area contributed by atoms with Crippen LogP contribution in [-0.2, 0) is 23.8 Å². The molecule has 0 heterocycles. The van der Waals surface area contributed by atoms with Gasteiger partial charge in [0, 0.05) is 19.4 Å². The first kappa shape index (κ1) is 68.3. The highest BCUT2D eigenvalue weighted by Crippen LogP contribution is 2.14. The fourth-order valence-corrected chi connectivity index (χ4v) is 7.99. The molecule has 0 fully saturated rings. The van der Waals surface area contributed by atoms with Crippen LogP contribution in [0.4, 0.5) is 0 Å². The van der Waals surface area contributed by atoms with E-state index in [-0.39, 0.29) is 25.2 Å². The van der Waals surface area contributed by atoms with E-state index in [0.717, 1.165) is 128 Å². The van der Waals surface area contributed by atoms with Crippen LogP contribution < -0.4 is 0 Å². The number of unbranched alkanes of at least 4 members (excludes halogenated alkanes) is 23. The van der Waals surface area contributed by atoms with Crippen molar-refractivity contribution in [3.05, 3.63) is 122 Å². The van der Waals surface area contributed by atoms with E-state index in [9.17, 15) is 9.59 Å². The van der Waals surface area contributed by atoms with Crippen LogP contribution in [0, 0.1) is 0 Å². The molecule has 0 aromatic carbocycles. The van der Waals surface area contributed by atoms with Crippen LogP contribution in [0.2, 0.25) is 0 Å². The number of hydrogen-bond acceptors (Lipinski definition) is 5. The Balaban J connectivity index is 4.40. The number of allylic oxidation sites excluding steroid dienone is 20. The molecule has 0 aliphatic carbocycles. The summed E-state index contributed by atoms with van der Waals surface area (Å²) in [7, 11) is 0. The number of hydrogen-bond donors (Lipinski definition) is 0. The largest absolute Gasteiger partial charge is 0.462 e. The molecule has 0 aliphatic heterocycles. The standard InChI is InChI=1S/C67H112O5/c1-4-7-10-13-16-19-22-25-28-31-33-35-38-41-44-47-50-53-56-59-62-70-63-65(72-67(69)61-58-55-52-49-46-43-40-36-30-27-24-21-18-15-12-9-6-3)64-71-66(68)60-57-54-51-48-45-42-39-37-34-32-29-26-23-20-17-14-11-8-5-2/h7,10,16-21,25-30,33-35,37,41,44,65H,4-6,8-9,11-15,22-24,31-32,36,38-40,42-43,45-64H2,1-3H3/b10-7-,19-16-,20-17-,21-18-,28-25-,29-26-,30-27-,35-33-,37-34-,44-41-. The van der Waals surface area contributed by atoms with E-state index in [0.29, 0.717) is 19.4 Å². The lowest BCUT2D eigenvalue weighted by Gasteiger charge is -2.18. The van der Waals surface area contributed by atoms with Crippen molar-refractivity contribution < 1.29 is 23.8 Å². The minimum absolute atomic E-state index is 0.0578. The Morgan fingerprint density at radius 1 is 0.319 bits per heavy atom. The predicted octanol–water partition coefficient (Wildman–Crippen LogP) is 20.9. The summed E-state index contributed by atoms with van der Waals surface area (Å²) in [5.41, 5.74) is 0. The third kappa shape index (κ3) is 58.9. The van der Waals surface area contributed by atoms with Crippen molar-refractivity contribution in [2.24, 2.45) is 0 Å². The average Bonchev–Trinajstić information content (AvgIpc) is 3.38. The van der Waals surface area contributed by atoms with Crippen LogP contribution >= 0.6 is 0 Å². The van der Waals surface area contributed by atoms with Crippen LogP contribution in [0.1, 0.15) is 265 Å². The van der Waals surface area contributed by atoms with E-state index in [1.54, 1.807) is 0 Å². The van der Waals surface area contributed by atoms with Crippen molar-refractivity contribution in [2.45, 2.75) is 271 Å². The molecular formula is C67H112O5. The van der Waals surface area contributed by atoms with Gasteiger partial charge in [0.05, 0.1) is 6.61 Å². The molecule has 410 valence electrons. The van der Waals surface area contributed by atoms with Crippen molar-refractivity contribution in [1.82, 2.24) is 0 Å². The van der Waals surface area contributed by atoms with Crippen molar-refractivity contribution in [1.29, 1.82) is 0 Å². The van der Waals surface area contributed by atoms with Gasteiger partial charge >= 0.3 is 11.9 Å². The molecule has 0 N–H and O–H groups in total.